The molecule has 9 heteroatoms. The summed E-state index contributed by atoms with van der Waals surface area (Å²) >= 11 is 0. The Morgan fingerprint density at radius 1 is 1.00 bits per heavy atom. The van der Waals surface area contributed by atoms with Crippen molar-refractivity contribution in [1.29, 1.82) is 0 Å². The van der Waals surface area contributed by atoms with Crippen LogP contribution >= 0.6 is 0 Å². The number of carbonyl (C=O) groups is 1. The average Bonchev–Trinajstić information content (AvgIpc) is 3.21. The predicted molar refractivity (Wildman–Crippen MR) is 113 cm³/mol. The van der Waals surface area contributed by atoms with Gasteiger partial charge in [-0.2, -0.15) is 0 Å². The fourth-order valence-corrected chi connectivity index (χ4v) is 4.49. The van der Waals surface area contributed by atoms with E-state index in [0.717, 1.165) is 22.0 Å². The van der Waals surface area contributed by atoms with E-state index in [1.54, 1.807) is 42.5 Å². The van der Waals surface area contributed by atoms with Gasteiger partial charge in [0.05, 0.1) is 10.6 Å². The first-order valence-electron chi connectivity index (χ1n) is 9.37. The first-order valence-corrected chi connectivity index (χ1v) is 10.8. The number of halogens is 1. The van der Waals surface area contributed by atoms with E-state index in [-0.39, 0.29) is 11.7 Å². The van der Waals surface area contributed by atoms with Crippen LogP contribution in [0.1, 0.15) is 5.56 Å². The Kier molecular flexibility index (Phi) is 5.51. The van der Waals surface area contributed by atoms with Crippen molar-refractivity contribution in [3.05, 3.63) is 78.1 Å². The van der Waals surface area contributed by atoms with Crippen molar-refractivity contribution in [2.75, 3.05) is 23.0 Å². The third-order valence-corrected chi connectivity index (χ3v) is 6.46. The molecule has 0 unspecified atom stereocenters. The molecule has 0 aliphatic carbocycles. The van der Waals surface area contributed by atoms with Crippen LogP contribution in [-0.2, 0) is 14.8 Å². The van der Waals surface area contributed by atoms with Crippen LogP contribution < -0.4 is 19.1 Å². The van der Waals surface area contributed by atoms with E-state index in [2.05, 4.69) is 5.32 Å². The molecule has 31 heavy (non-hydrogen) atoms. The maximum absolute atomic E-state index is 13.3. The summed E-state index contributed by atoms with van der Waals surface area (Å²) in [5.41, 5.74) is 1.70. The van der Waals surface area contributed by atoms with Gasteiger partial charge in [-0.3, -0.25) is 9.10 Å². The number of rotatable bonds is 6. The maximum atomic E-state index is 13.3. The lowest BCUT2D eigenvalue weighted by molar-refractivity contribution is -0.114. The highest BCUT2D eigenvalue weighted by Gasteiger charge is 2.27. The van der Waals surface area contributed by atoms with Crippen molar-refractivity contribution in [2.24, 2.45) is 0 Å². The minimum atomic E-state index is -4.12. The third kappa shape index (κ3) is 4.46. The fourth-order valence-electron chi connectivity index (χ4n) is 3.07. The number of sulfonamides is 1. The number of nitrogens with zero attached hydrogens (tertiary/aromatic N) is 1. The molecule has 1 heterocycles. The molecule has 0 spiro atoms. The van der Waals surface area contributed by atoms with E-state index in [0.29, 0.717) is 22.9 Å². The second kappa shape index (κ2) is 8.27. The number of aryl methyl sites for hydroxylation is 1. The summed E-state index contributed by atoms with van der Waals surface area (Å²) in [7, 11) is -4.12. The second-order valence-electron chi connectivity index (χ2n) is 6.92. The monoisotopic (exact) mass is 442 g/mol. The second-order valence-corrected chi connectivity index (χ2v) is 8.78. The minimum absolute atomic E-state index is 0.101. The number of ether oxygens (including phenoxy) is 2. The van der Waals surface area contributed by atoms with Crippen molar-refractivity contribution < 1.29 is 27.1 Å². The molecule has 160 valence electrons. The highest BCUT2D eigenvalue weighted by Crippen LogP contribution is 2.34. The molecular weight excluding hydrogens is 423 g/mol. The standard InChI is InChI=1S/C22H19FN2O5S/c1-15-2-7-18(8-3-15)25(31(27,28)19-9-4-16(23)5-10-19)13-22(26)24-17-6-11-20-21(12-17)30-14-29-20/h2-12H,13-14H2,1H3,(H,24,26). The lowest BCUT2D eigenvalue weighted by Crippen LogP contribution is -2.38. The lowest BCUT2D eigenvalue weighted by Gasteiger charge is -2.24. The third-order valence-electron chi connectivity index (χ3n) is 4.67. The van der Waals surface area contributed by atoms with Crippen LogP contribution in [0.4, 0.5) is 15.8 Å². The molecule has 0 radical (unpaired) electrons. The molecule has 0 bridgehead atoms. The predicted octanol–water partition coefficient (Wildman–Crippen LogP) is 3.70. The molecule has 1 aliphatic rings. The van der Waals surface area contributed by atoms with Crippen molar-refractivity contribution in [3.8, 4) is 11.5 Å². The first kappa shape index (κ1) is 20.7. The number of hydrogen-bond donors (Lipinski definition) is 1. The van der Waals surface area contributed by atoms with Gasteiger partial charge in [0, 0.05) is 11.8 Å². The Balaban J connectivity index is 1.62. The van der Waals surface area contributed by atoms with Gasteiger partial charge >= 0.3 is 0 Å². The lowest BCUT2D eigenvalue weighted by atomic mass is 10.2. The van der Waals surface area contributed by atoms with Crippen molar-refractivity contribution in [2.45, 2.75) is 11.8 Å². The van der Waals surface area contributed by atoms with Gasteiger partial charge in [-0.25, -0.2) is 12.8 Å². The van der Waals surface area contributed by atoms with Gasteiger partial charge in [0.15, 0.2) is 11.5 Å². The van der Waals surface area contributed by atoms with Gasteiger partial charge in [0.2, 0.25) is 12.7 Å². The highest BCUT2D eigenvalue weighted by molar-refractivity contribution is 7.92. The van der Waals surface area contributed by atoms with E-state index in [1.165, 1.54) is 12.1 Å². The summed E-state index contributed by atoms with van der Waals surface area (Å²) in [6.45, 7) is 1.50. The van der Waals surface area contributed by atoms with E-state index >= 15 is 0 Å². The Hall–Kier alpha value is -3.59. The zero-order valence-electron chi connectivity index (χ0n) is 16.5. The number of nitrogens with one attached hydrogen (secondary N) is 1. The van der Waals surface area contributed by atoms with Crippen molar-refractivity contribution >= 4 is 27.3 Å². The topological polar surface area (TPSA) is 84.9 Å². The quantitative estimate of drug-likeness (QED) is 0.629. The molecule has 0 saturated heterocycles. The fraction of sp³-hybridized carbons (Fsp3) is 0.136. The van der Waals surface area contributed by atoms with Gasteiger partial charge in [-0.05, 0) is 55.5 Å². The molecule has 1 amide bonds. The van der Waals surface area contributed by atoms with E-state index in [1.807, 2.05) is 6.92 Å². The van der Waals surface area contributed by atoms with Crippen LogP contribution in [0.25, 0.3) is 0 Å². The van der Waals surface area contributed by atoms with Gasteiger partial charge < -0.3 is 14.8 Å². The molecule has 1 aliphatic heterocycles. The molecule has 0 saturated carbocycles. The molecule has 3 aromatic carbocycles. The van der Waals surface area contributed by atoms with E-state index in [4.69, 9.17) is 9.47 Å². The van der Waals surface area contributed by atoms with E-state index < -0.39 is 28.3 Å². The van der Waals surface area contributed by atoms with Gasteiger partial charge in [0.1, 0.15) is 12.4 Å². The maximum Gasteiger partial charge on any atom is 0.264 e. The van der Waals surface area contributed by atoms with Crippen LogP contribution in [0.2, 0.25) is 0 Å². The summed E-state index contributed by atoms with van der Waals surface area (Å²) in [4.78, 5) is 12.6. The highest BCUT2D eigenvalue weighted by atomic mass is 32.2. The van der Waals surface area contributed by atoms with Crippen LogP contribution in [0.15, 0.2) is 71.6 Å². The van der Waals surface area contributed by atoms with Crippen molar-refractivity contribution in [3.63, 3.8) is 0 Å². The summed E-state index contributed by atoms with van der Waals surface area (Å²) < 4.78 is 51.3. The normalized spacial score (nSPS) is 12.5. The van der Waals surface area contributed by atoms with Gasteiger partial charge in [-0.15, -0.1) is 0 Å². The minimum Gasteiger partial charge on any atom is -0.454 e. The van der Waals surface area contributed by atoms with Crippen LogP contribution in [0.3, 0.4) is 0 Å². The van der Waals surface area contributed by atoms with Crippen LogP contribution in [0, 0.1) is 12.7 Å². The molecular formula is C22H19FN2O5S. The number of hydrogen-bond acceptors (Lipinski definition) is 5. The molecule has 3 aromatic rings. The molecule has 0 fully saturated rings. The molecule has 7 nitrogen and oxygen atoms in total. The van der Waals surface area contributed by atoms with Gasteiger partial charge in [0.25, 0.3) is 10.0 Å². The molecule has 0 aromatic heterocycles. The average molecular weight is 442 g/mol. The molecule has 1 N–H and O–H groups in total. The summed E-state index contributed by atoms with van der Waals surface area (Å²) in [6, 6.07) is 16.1. The first-order chi connectivity index (χ1) is 14.8. The number of carbonyl (C=O) groups excluding carboxylic acids is 1. The summed E-state index contributed by atoms with van der Waals surface area (Å²) in [5, 5.41) is 2.68. The zero-order valence-corrected chi connectivity index (χ0v) is 17.4. The zero-order chi connectivity index (χ0) is 22.0. The summed E-state index contributed by atoms with van der Waals surface area (Å²) in [6.07, 6.45) is 0. The smallest absolute Gasteiger partial charge is 0.264 e. The number of anilines is 2. The van der Waals surface area contributed by atoms with E-state index in [9.17, 15) is 17.6 Å². The summed E-state index contributed by atoms with van der Waals surface area (Å²) in [5.74, 6) is -0.0446. The Labute approximate surface area is 179 Å². The van der Waals surface area contributed by atoms with Crippen molar-refractivity contribution in [1.82, 2.24) is 0 Å². The Morgan fingerprint density at radius 3 is 2.39 bits per heavy atom. The Morgan fingerprint density at radius 2 is 1.68 bits per heavy atom. The van der Waals surface area contributed by atoms with Crippen LogP contribution in [-0.4, -0.2) is 27.7 Å². The number of benzene rings is 3. The largest absolute Gasteiger partial charge is 0.454 e. The number of fused-ring (bicyclic) bond motifs is 1. The SMILES string of the molecule is Cc1ccc(N(CC(=O)Nc2ccc3c(c2)OCO3)S(=O)(=O)c2ccc(F)cc2)cc1. The van der Waals surface area contributed by atoms with Gasteiger partial charge in [-0.1, -0.05) is 17.7 Å². The molecule has 4 rings (SSSR count). The number of amides is 1. The molecule has 0 atom stereocenters. The van der Waals surface area contributed by atoms with Crippen LogP contribution in [0.5, 0.6) is 11.5 Å². The Bertz CT molecular complexity index is 1210.